The highest BCUT2D eigenvalue weighted by Crippen LogP contribution is 2.45. The molecule has 11 aromatic carbocycles. The van der Waals surface area contributed by atoms with Crippen LogP contribution in [0.25, 0.3) is 110 Å². The number of imide groups is 2. The van der Waals surface area contributed by atoms with Crippen molar-refractivity contribution in [2.24, 2.45) is 0 Å². The molecule has 6 heterocycles. The van der Waals surface area contributed by atoms with Gasteiger partial charge in [0.1, 0.15) is 0 Å². The molecular formula is C70H40N6O4. The first kappa shape index (κ1) is 44.1. The van der Waals surface area contributed by atoms with Gasteiger partial charge in [-0.2, -0.15) is 0 Å². The molecule has 374 valence electrons. The SMILES string of the molecule is O=C1c2c(-n3c4ccccc4c4ccccc43)ccc(-n3c4ccccc4c4ccccc43)c2C(=O)N1c1ccc(N2C(=O)c3c(-n4c5ccccc5c5ccccc54)ccc(-n4c5ccccc5c5ccccc54)c3C2=O)cc1. The molecule has 2 aliphatic heterocycles. The van der Waals surface area contributed by atoms with Gasteiger partial charge in [0.15, 0.2) is 0 Å². The maximum absolute atomic E-state index is 15.7. The maximum Gasteiger partial charge on any atom is 0.268 e. The third kappa shape index (κ3) is 5.74. The van der Waals surface area contributed by atoms with Crippen molar-refractivity contribution in [2.75, 3.05) is 9.80 Å². The van der Waals surface area contributed by atoms with Crippen molar-refractivity contribution in [1.29, 1.82) is 0 Å². The predicted octanol–water partition coefficient (Wildman–Crippen LogP) is 15.7. The first-order valence-electron chi connectivity index (χ1n) is 26.6. The summed E-state index contributed by atoms with van der Waals surface area (Å²) in [6, 6.07) is 79.3. The van der Waals surface area contributed by atoms with Crippen molar-refractivity contribution in [3.05, 3.63) is 265 Å². The molecule has 10 heteroatoms. The zero-order valence-electron chi connectivity index (χ0n) is 42.4. The lowest BCUT2D eigenvalue weighted by Crippen LogP contribution is -2.31. The van der Waals surface area contributed by atoms with E-state index in [1.165, 1.54) is 9.80 Å². The number of hydrogen-bond acceptors (Lipinski definition) is 4. The van der Waals surface area contributed by atoms with Gasteiger partial charge in [-0.3, -0.25) is 19.2 Å². The molecule has 0 bridgehead atoms. The van der Waals surface area contributed by atoms with E-state index in [1.54, 1.807) is 24.3 Å². The van der Waals surface area contributed by atoms with E-state index in [1.807, 2.05) is 170 Å². The Bertz CT molecular complexity index is 4460. The van der Waals surface area contributed by atoms with Crippen LogP contribution < -0.4 is 9.80 Å². The molecule has 0 unspecified atom stereocenters. The predicted molar refractivity (Wildman–Crippen MR) is 319 cm³/mol. The maximum atomic E-state index is 15.7. The van der Waals surface area contributed by atoms with E-state index in [4.69, 9.17) is 0 Å². The molecule has 0 N–H and O–H groups in total. The van der Waals surface area contributed by atoms with E-state index < -0.39 is 23.6 Å². The molecule has 0 aliphatic carbocycles. The van der Waals surface area contributed by atoms with Crippen molar-refractivity contribution in [3.8, 4) is 22.7 Å². The van der Waals surface area contributed by atoms with Gasteiger partial charge in [-0.05, 0) is 97.1 Å². The largest absolute Gasteiger partial charge is 0.308 e. The molecule has 0 atom stereocenters. The fourth-order valence-electron chi connectivity index (χ4n) is 13.4. The molecule has 4 amide bonds. The first-order chi connectivity index (χ1) is 39.4. The Hall–Kier alpha value is -11.1. The number of nitrogens with zero attached hydrogens (tertiary/aromatic N) is 6. The van der Waals surface area contributed by atoms with Gasteiger partial charge in [0, 0.05) is 43.1 Å². The lowest BCUT2D eigenvalue weighted by molar-refractivity contribution is 0.0909. The van der Waals surface area contributed by atoms with Crippen LogP contribution in [0.15, 0.2) is 243 Å². The summed E-state index contributed by atoms with van der Waals surface area (Å²) in [4.78, 5) is 65.1. The van der Waals surface area contributed by atoms with Crippen LogP contribution in [0.2, 0.25) is 0 Å². The number of rotatable bonds is 6. The number of fused-ring (bicyclic) bond motifs is 14. The molecule has 0 saturated carbocycles. The summed E-state index contributed by atoms with van der Waals surface area (Å²) < 4.78 is 8.33. The highest BCUT2D eigenvalue weighted by molar-refractivity contribution is 6.39. The molecule has 17 rings (SSSR count). The van der Waals surface area contributed by atoms with Gasteiger partial charge in [0.05, 0.1) is 101 Å². The molecule has 0 radical (unpaired) electrons. The standard InChI is InChI=1S/C70H40N6O4/c77-67-63-59(73-51-25-9-1-17-43(51)44-18-2-10-26-52(44)73)37-38-60(74-53-27-11-3-19-45(53)46-20-4-12-28-54(46)74)64(63)68(78)71(67)41-33-35-42(36-34-41)72-69(79)65-61(75-55-29-13-5-21-47(55)48-22-6-14-30-56(48)75)39-40-62(66(65)70(72)80)76-57-31-15-7-23-49(57)50-24-8-16-32-58(50)76/h1-40H. The number of hydrogen-bond donors (Lipinski definition) is 0. The van der Waals surface area contributed by atoms with E-state index in [-0.39, 0.29) is 33.6 Å². The number of carbonyl (C=O) groups is 4. The fraction of sp³-hybridized carbons (Fsp3) is 0. The Morgan fingerprint density at radius 2 is 0.350 bits per heavy atom. The van der Waals surface area contributed by atoms with Crippen LogP contribution in [0.5, 0.6) is 0 Å². The number of para-hydroxylation sites is 8. The highest BCUT2D eigenvalue weighted by Gasteiger charge is 2.45. The highest BCUT2D eigenvalue weighted by atomic mass is 16.2. The fourth-order valence-corrected chi connectivity index (χ4v) is 13.4. The van der Waals surface area contributed by atoms with Crippen molar-refractivity contribution >= 4 is 122 Å². The van der Waals surface area contributed by atoms with Gasteiger partial charge in [-0.25, -0.2) is 9.80 Å². The van der Waals surface area contributed by atoms with E-state index >= 15 is 19.2 Å². The zero-order valence-corrected chi connectivity index (χ0v) is 42.4. The third-order valence-electron chi connectivity index (χ3n) is 16.6. The average Bonchev–Trinajstić information content (AvgIpc) is 4.46. The number of aromatic nitrogens is 4. The Morgan fingerprint density at radius 3 is 0.525 bits per heavy atom. The van der Waals surface area contributed by atoms with E-state index in [0.29, 0.717) is 22.7 Å². The Balaban J connectivity index is 0.839. The minimum atomic E-state index is -0.496. The first-order valence-corrected chi connectivity index (χ1v) is 26.6. The Morgan fingerprint density at radius 1 is 0.188 bits per heavy atom. The van der Waals surface area contributed by atoms with Crippen molar-refractivity contribution in [1.82, 2.24) is 18.3 Å². The van der Waals surface area contributed by atoms with Crippen molar-refractivity contribution < 1.29 is 19.2 Å². The number of benzene rings is 11. The monoisotopic (exact) mass is 1030 g/mol. The van der Waals surface area contributed by atoms with Crippen molar-refractivity contribution in [2.45, 2.75) is 0 Å². The van der Waals surface area contributed by atoms with Gasteiger partial charge >= 0.3 is 0 Å². The molecule has 0 fully saturated rings. The van der Waals surface area contributed by atoms with Crippen LogP contribution in [-0.2, 0) is 0 Å². The van der Waals surface area contributed by atoms with Gasteiger partial charge in [0.25, 0.3) is 23.6 Å². The summed E-state index contributed by atoms with van der Waals surface area (Å²) in [5.41, 5.74) is 11.1. The lowest BCUT2D eigenvalue weighted by Gasteiger charge is -2.18. The van der Waals surface area contributed by atoms with Crippen LogP contribution in [0.1, 0.15) is 41.4 Å². The van der Waals surface area contributed by atoms with Crippen molar-refractivity contribution in [3.63, 3.8) is 0 Å². The second-order valence-corrected chi connectivity index (χ2v) is 20.6. The molecule has 80 heavy (non-hydrogen) atoms. The van der Waals surface area contributed by atoms with E-state index in [2.05, 4.69) is 66.8 Å². The van der Waals surface area contributed by atoms with Gasteiger partial charge in [-0.15, -0.1) is 0 Å². The summed E-state index contributed by atoms with van der Waals surface area (Å²) in [6.07, 6.45) is 0. The molecule has 4 aromatic heterocycles. The second-order valence-electron chi connectivity index (χ2n) is 20.6. The minimum Gasteiger partial charge on any atom is -0.308 e. The van der Waals surface area contributed by atoms with Gasteiger partial charge in [-0.1, -0.05) is 146 Å². The van der Waals surface area contributed by atoms with Crippen LogP contribution in [0.3, 0.4) is 0 Å². The molecule has 0 saturated heterocycles. The molecule has 15 aromatic rings. The number of amides is 4. The van der Waals surface area contributed by atoms with Gasteiger partial charge < -0.3 is 18.3 Å². The normalized spacial score (nSPS) is 13.6. The van der Waals surface area contributed by atoms with Crippen LogP contribution in [0, 0.1) is 0 Å². The molecule has 0 spiro atoms. The molecular weight excluding hydrogens is 989 g/mol. The third-order valence-corrected chi connectivity index (χ3v) is 16.6. The number of anilines is 2. The van der Waals surface area contributed by atoms with Crippen LogP contribution >= 0.6 is 0 Å². The minimum absolute atomic E-state index is 0.264. The Labute approximate surface area is 455 Å². The lowest BCUT2D eigenvalue weighted by atomic mass is 10.0. The van der Waals surface area contributed by atoms with E-state index in [9.17, 15) is 0 Å². The summed E-state index contributed by atoms with van der Waals surface area (Å²) in [6.45, 7) is 0. The second kappa shape index (κ2) is 16.2. The summed E-state index contributed by atoms with van der Waals surface area (Å²) in [5, 5.41) is 8.15. The average molecular weight is 1030 g/mol. The number of carbonyl (C=O) groups excluding carboxylic acids is 4. The van der Waals surface area contributed by atoms with Crippen LogP contribution in [-0.4, -0.2) is 41.9 Å². The van der Waals surface area contributed by atoms with Gasteiger partial charge in [0.2, 0.25) is 0 Å². The smallest absolute Gasteiger partial charge is 0.268 e. The zero-order chi connectivity index (χ0) is 53.1. The Kier molecular flexibility index (Phi) is 8.93. The molecule has 2 aliphatic rings. The van der Waals surface area contributed by atoms with Crippen LogP contribution in [0.4, 0.5) is 11.4 Å². The topological polar surface area (TPSA) is 94.5 Å². The summed E-state index contributed by atoms with van der Waals surface area (Å²) >= 11 is 0. The molecule has 10 nitrogen and oxygen atoms in total. The summed E-state index contributed by atoms with van der Waals surface area (Å²) in [7, 11) is 0. The quantitative estimate of drug-likeness (QED) is 0.155. The summed E-state index contributed by atoms with van der Waals surface area (Å²) in [5.74, 6) is -1.98. The van der Waals surface area contributed by atoms with E-state index in [0.717, 1.165) is 87.2 Å².